The van der Waals surface area contributed by atoms with E-state index in [1.54, 1.807) is 0 Å². The lowest BCUT2D eigenvalue weighted by atomic mass is 9.99. The fourth-order valence-corrected chi connectivity index (χ4v) is 10.4. The summed E-state index contributed by atoms with van der Waals surface area (Å²) in [4.78, 5) is 5.21. The second-order valence-corrected chi connectivity index (χ2v) is 18.3. The highest BCUT2D eigenvalue weighted by Gasteiger charge is 2.24. The number of rotatable bonds is 7. The smallest absolute Gasteiger partial charge is 0.0991 e. The molecule has 68 heavy (non-hydrogen) atoms. The summed E-state index contributed by atoms with van der Waals surface area (Å²) < 4.78 is 4.83. The van der Waals surface area contributed by atoms with E-state index in [1.165, 1.54) is 22.3 Å². The fourth-order valence-electron chi connectivity index (χ4n) is 10.4. The van der Waals surface area contributed by atoms with E-state index >= 15 is 0 Å². The van der Waals surface area contributed by atoms with Gasteiger partial charge in [-0.2, -0.15) is 5.26 Å². The van der Waals surface area contributed by atoms with Crippen LogP contribution in [0.15, 0.2) is 207 Å². The van der Waals surface area contributed by atoms with E-state index in [9.17, 15) is 5.26 Å². The van der Waals surface area contributed by atoms with Crippen LogP contribution in [0.3, 0.4) is 0 Å². The van der Waals surface area contributed by atoms with Crippen molar-refractivity contribution in [3.05, 3.63) is 234 Å². The number of pyridine rings is 1. The van der Waals surface area contributed by atoms with E-state index in [0.29, 0.717) is 5.56 Å². The molecule has 9 aromatic carbocycles. The van der Waals surface area contributed by atoms with E-state index in [4.69, 9.17) is 4.98 Å². The van der Waals surface area contributed by atoms with Crippen LogP contribution in [0.2, 0.25) is 0 Å². The largest absolute Gasteiger partial charge is 0.307 e. The number of benzene rings is 9. The maximum Gasteiger partial charge on any atom is 0.0991 e. The first-order chi connectivity index (χ1) is 33.3. The molecule has 0 unspecified atom stereocenters. The van der Waals surface area contributed by atoms with E-state index < -0.39 is 0 Å². The van der Waals surface area contributed by atoms with E-state index in [-0.39, 0.29) is 0 Å². The molecule has 3 heterocycles. The van der Waals surface area contributed by atoms with Gasteiger partial charge < -0.3 is 9.13 Å². The van der Waals surface area contributed by atoms with E-state index in [1.807, 2.05) is 30.6 Å². The van der Waals surface area contributed by atoms with Gasteiger partial charge in [-0.3, -0.25) is 4.98 Å². The van der Waals surface area contributed by atoms with Gasteiger partial charge in [0.05, 0.1) is 57.5 Å². The number of hydrogen-bond acceptors (Lipinski definition) is 2. The molecular formula is C64H46N4. The van der Waals surface area contributed by atoms with Gasteiger partial charge in [-0.25, -0.2) is 0 Å². The van der Waals surface area contributed by atoms with Crippen molar-refractivity contribution in [2.75, 3.05) is 0 Å². The van der Waals surface area contributed by atoms with Crippen LogP contribution < -0.4 is 0 Å². The lowest BCUT2D eigenvalue weighted by Gasteiger charge is -2.20. The Balaban J connectivity index is 1.22. The van der Waals surface area contributed by atoms with Crippen molar-refractivity contribution in [1.82, 2.24) is 14.1 Å². The molecule has 0 saturated heterocycles. The summed E-state index contributed by atoms with van der Waals surface area (Å²) in [6.45, 7) is 8.58. The molecule has 3 aromatic heterocycles. The topological polar surface area (TPSA) is 46.5 Å². The molecular weight excluding hydrogens is 825 g/mol. The number of aromatic nitrogens is 3. The first kappa shape index (κ1) is 40.7. The number of nitriles is 1. The summed E-state index contributed by atoms with van der Waals surface area (Å²) in [6.07, 6.45) is 4.03. The molecule has 4 nitrogen and oxygen atoms in total. The highest BCUT2D eigenvalue weighted by Crippen LogP contribution is 2.44. The fraction of sp³-hybridized carbons (Fsp3) is 0.0625. The molecule has 0 radical (unpaired) electrons. The summed E-state index contributed by atoms with van der Waals surface area (Å²) >= 11 is 0. The molecule has 0 amide bonds. The van der Waals surface area contributed by atoms with Crippen LogP contribution in [0.25, 0.3) is 111 Å². The Morgan fingerprint density at radius 3 is 0.971 bits per heavy atom. The molecule has 12 rings (SSSR count). The Bertz CT molecular complexity index is 3610. The molecule has 12 aromatic rings. The maximum atomic E-state index is 10.4. The predicted octanol–water partition coefficient (Wildman–Crippen LogP) is 16.7. The summed E-state index contributed by atoms with van der Waals surface area (Å²) in [6, 6.07) is 72.8. The first-order valence-electron chi connectivity index (χ1n) is 23.2. The summed E-state index contributed by atoms with van der Waals surface area (Å²) in [7, 11) is 0. The minimum Gasteiger partial charge on any atom is -0.307 e. The van der Waals surface area contributed by atoms with Crippen LogP contribution in [0.4, 0.5) is 0 Å². The van der Waals surface area contributed by atoms with Crippen molar-refractivity contribution < 1.29 is 0 Å². The Kier molecular flexibility index (Phi) is 9.74. The lowest BCUT2D eigenvalue weighted by molar-refractivity contribution is 1.09. The second-order valence-electron chi connectivity index (χ2n) is 18.3. The molecule has 0 saturated carbocycles. The highest BCUT2D eigenvalue weighted by molar-refractivity contribution is 6.14. The molecule has 0 aliphatic heterocycles. The Hall–Kier alpha value is -8.78. The number of aryl methyl sites for hydroxylation is 4. The summed E-state index contributed by atoms with van der Waals surface area (Å²) in [5.41, 5.74) is 22.7. The van der Waals surface area contributed by atoms with Gasteiger partial charge in [-0.1, -0.05) is 180 Å². The van der Waals surface area contributed by atoms with E-state index in [2.05, 4.69) is 219 Å². The van der Waals surface area contributed by atoms with Crippen molar-refractivity contribution in [2.24, 2.45) is 0 Å². The van der Waals surface area contributed by atoms with Crippen molar-refractivity contribution in [2.45, 2.75) is 27.7 Å². The number of fused-ring (bicyclic) bond motifs is 6. The standard InChI is InChI=1S/C64H46N4/c1-40-10-5-15-45(28-40)49-20-24-54-55-25-21-50(46-16-6-11-41(2)29-46)34-59(55)67(58(54)33-49)62-38-66-39-63(64(62)53-19-9-14-44(32-53)37-65)68-60-35-51(47-17-7-12-42(3)30-47)22-26-56(60)57-27-23-52(36-61(57)68)48-18-8-13-43(4)31-48/h5-36,38-39H,1-4H3. The summed E-state index contributed by atoms with van der Waals surface area (Å²) in [5, 5.41) is 15.0. The van der Waals surface area contributed by atoms with Crippen LogP contribution in [-0.2, 0) is 0 Å². The maximum absolute atomic E-state index is 10.4. The average molecular weight is 871 g/mol. The number of nitrogens with zero attached hydrogens (tertiary/aromatic N) is 4. The normalized spacial score (nSPS) is 11.5. The van der Waals surface area contributed by atoms with Gasteiger partial charge in [0.25, 0.3) is 0 Å². The third-order valence-corrected chi connectivity index (χ3v) is 13.6. The van der Waals surface area contributed by atoms with Gasteiger partial charge in [0, 0.05) is 27.1 Å². The minimum atomic E-state index is 0.590. The zero-order valence-corrected chi connectivity index (χ0v) is 38.4. The molecule has 0 bridgehead atoms. The Labute approximate surface area is 396 Å². The van der Waals surface area contributed by atoms with Crippen molar-refractivity contribution in [1.29, 1.82) is 5.26 Å². The lowest BCUT2D eigenvalue weighted by Crippen LogP contribution is -2.05. The third kappa shape index (κ3) is 6.96. The summed E-state index contributed by atoms with van der Waals surface area (Å²) in [5.74, 6) is 0. The predicted molar refractivity (Wildman–Crippen MR) is 284 cm³/mol. The molecule has 322 valence electrons. The zero-order chi connectivity index (χ0) is 46.0. The molecule has 0 aliphatic rings. The van der Waals surface area contributed by atoms with Gasteiger partial charge in [-0.15, -0.1) is 0 Å². The number of hydrogen-bond donors (Lipinski definition) is 0. The Morgan fingerprint density at radius 1 is 0.338 bits per heavy atom. The molecule has 0 atom stereocenters. The van der Waals surface area contributed by atoms with Crippen LogP contribution >= 0.6 is 0 Å². The van der Waals surface area contributed by atoms with Gasteiger partial charge in [0.2, 0.25) is 0 Å². The van der Waals surface area contributed by atoms with Gasteiger partial charge in [0.15, 0.2) is 0 Å². The first-order valence-corrected chi connectivity index (χ1v) is 23.2. The monoisotopic (exact) mass is 870 g/mol. The Morgan fingerprint density at radius 2 is 0.647 bits per heavy atom. The van der Waals surface area contributed by atoms with Crippen molar-refractivity contribution in [3.63, 3.8) is 0 Å². The van der Waals surface area contributed by atoms with Gasteiger partial charge in [-0.05, 0) is 114 Å². The molecule has 4 heteroatoms. The third-order valence-electron chi connectivity index (χ3n) is 13.6. The van der Waals surface area contributed by atoms with Crippen LogP contribution in [0.5, 0.6) is 0 Å². The van der Waals surface area contributed by atoms with Crippen molar-refractivity contribution >= 4 is 43.6 Å². The quantitative estimate of drug-likeness (QED) is 0.160. The van der Waals surface area contributed by atoms with Gasteiger partial charge in [0.1, 0.15) is 0 Å². The average Bonchev–Trinajstić information content (AvgIpc) is 3.87. The molecule has 0 N–H and O–H groups in total. The van der Waals surface area contributed by atoms with Crippen LogP contribution in [-0.4, -0.2) is 14.1 Å². The van der Waals surface area contributed by atoms with Crippen molar-refractivity contribution in [3.8, 4) is 73.1 Å². The highest BCUT2D eigenvalue weighted by atomic mass is 15.0. The second kappa shape index (κ2) is 16.3. The zero-order valence-electron chi connectivity index (χ0n) is 38.4. The molecule has 0 spiro atoms. The van der Waals surface area contributed by atoms with Crippen LogP contribution in [0, 0.1) is 39.0 Å². The molecule has 0 fully saturated rings. The minimum absolute atomic E-state index is 0.590. The molecule has 0 aliphatic carbocycles. The van der Waals surface area contributed by atoms with Gasteiger partial charge >= 0.3 is 0 Å². The SMILES string of the molecule is Cc1cccc(-c2ccc3c4ccc(-c5cccc(C)c5)cc4n(-c4cncc(-n5c6cc(-c7cccc(C)c7)ccc6c6ccc(-c7cccc(C)c7)cc65)c4-c4cccc(C#N)c4)c3c2)c1. The van der Waals surface area contributed by atoms with Crippen LogP contribution in [0.1, 0.15) is 27.8 Å². The van der Waals surface area contributed by atoms with E-state index in [0.717, 1.165) is 111 Å².